The molecule has 162 valence electrons. The predicted octanol–water partition coefficient (Wildman–Crippen LogP) is 2.52. The van der Waals surface area contributed by atoms with E-state index in [4.69, 9.17) is 9.73 Å². The molecule has 0 unspecified atom stereocenters. The quantitative estimate of drug-likeness (QED) is 0.608. The number of rotatable bonds is 4. The molecule has 31 heavy (non-hydrogen) atoms. The molecule has 2 aromatic rings. The topological polar surface area (TPSA) is 74.2 Å². The number of nitrogens with one attached hydrogen (secondary N) is 1. The predicted molar refractivity (Wildman–Crippen MR) is 120 cm³/mol. The van der Waals surface area contributed by atoms with Crippen LogP contribution in [0.4, 0.5) is 5.69 Å². The minimum Gasteiger partial charge on any atom is -0.465 e. The number of guanidine groups is 1. The maximum atomic E-state index is 13.0. The number of ether oxygens (including phenoxy) is 1. The molecule has 2 aliphatic rings. The molecule has 0 bridgehead atoms. The van der Waals surface area contributed by atoms with Crippen molar-refractivity contribution in [1.82, 2.24) is 10.2 Å². The van der Waals surface area contributed by atoms with Gasteiger partial charge >= 0.3 is 5.97 Å². The highest BCUT2D eigenvalue weighted by molar-refractivity contribution is 6.08. The van der Waals surface area contributed by atoms with Gasteiger partial charge in [0.05, 0.1) is 6.61 Å². The molecule has 0 saturated carbocycles. The molecule has 2 atom stereocenters. The van der Waals surface area contributed by atoms with Crippen LogP contribution in [-0.2, 0) is 14.3 Å². The third-order valence-electron chi connectivity index (χ3n) is 5.75. The van der Waals surface area contributed by atoms with E-state index in [0.29, 0.717) is 5.96 Å². The molecule has 1 fully saturated rings. The Labute approximate surface area is 182 Å². The highest BCUT2D eigenvalue weighted by Gasteiger charge is 2.42. The summed E-state index contributed by atoms with van der Waals surface area (Å²) < 4.78 is 5.18. The molecule has 2 heterocycles. The van der Waals surface area contributed by atoms with Crippen LogP contribution in [-0.4, -0.2) is 55.5 Å². The summed E-state index contributed by atoms with van der Waals surface area (Å²) in [5.41, 5.74) is 3.13. The van der Waals surface area contributed by atoms with Gasteiger partial charge in [0, 0.05) is 31.9 Å². The lowest BCUT2D eigenvalue weighted by Crippen LogP contribution is -2.57. The monoisotopic (exact) mass is 420 g/mol. The first-order valence-electron chi connectivity index (χ1n) is 10.7. The highest BCUT2D eigenvalue weighted by Crippen LogP contribution is 2.31. The molecule has 0 aromatic heterocycles. The van der Waals surface area contributed by atoms with Gasteiger partial charge in [-0.15, -0.1) is 0 Å². The summed E-state index contributed by atoms with van der Waals surface area (Å²) in [6.45, 7) is 7.09. The molecule has 1 N–H and O–H groups in total. The van der Waals surface area contributed by atoms with E-state index in [0.717, 1.165) is 37.3 Å². The number of esters is 1. The van der Waals surface area contributed by atoms with E-state index in [1.807, 2.05) is 49.4 Å². The van der Waals surface area contributed by atoms with Crippen LogP contribution in [0.1, 0.15) is 24.1 Å². The Kier molecular flexibility index (Phi) is 6.21. The van der Waals surface area contributed by atoms with E-state index in [1.165, 1.54) is 5.69 Å². The average Bonchev–Trinajstić information content (AvgIpc) is 2.80. The third kappa shape index (κ3) is 4.55. The minimum absolute atomic E-state index is 0.223. The van der Waals surface area contributed by atoms with Crippen LogP contribution in [0.3, 0.4) is 0 Å². The second-order valence-corrected chi connectivity index (χ2v) is 7.84. The molecular weight excluding hydrogens is 392 g/mol. The summed E-state index contributed by atoms with van der Waals surface area (Å²) in [5.74, 6) is -1.36. The first-order valence-corrected chi connectivity index (χ1v) is 10.7. The zero-order valence-electron chi connectivity index (χ0n) is 18.0. The van der Waals surface area contributed by atoms with E-state index < -0.39 is 17.9 Å². The highest BCUT2D eigenvalue weighted by atomic mass is 16.5. The molecule has 7 heteroatoms. The first kappa shape index (κ1) is 20.9. The van der Waals surface area contributed by atoms with Gasteiger partial charge in [0.15, 0.2) is 5.92 Å². The maximum Gasteiger partial charge on any atom is 0.321 e. The molecule has 4 rings (SSSR count). The van der Waals surface area contributed by atoms with Crippen molar-refractivity contribution in [3.8, 4) is 0 Å². The number of carbonyl (C=O) groups is 2. The van der Waals surface area contributed by atoms with Crippen molar-refractivity contribution >= 4 is 23.5 Å². The van der Waals surface area contributed by atoms with Crippen LogP contribution in [0.15, 0.2) is 59.6 Å². The van der Waals surface area contributed by atoms with Crippen molar-refractivity contribution in [3.05, 3.63) is 65.7 Å². The lowest BCUT2D eigenvalue weighted by molar-refractivity contribution is -0.153. The largest absolute Gasteiger partial charge is 0.465 e. The average molecular weight is 421 g/mol. The Morgan fingerprint density at radius 1 is 1.03 bits per heavy atom. The molecule has 2 aliphatic heterocycles. The lowest BCUT2D eigenvalue weighted by atomic mass is 9.91. The van der Waals surface area contributed by atoms with Crippen LogP contribution in [0, 0.1) is 12.8 Å². The minimum atomic E-state index is -0.989. The number of piperazine rings is 1. The Morgan fingerprint density at radius 2 is 1.68 bits per heavy atom. The SMILES string of the molecule is CCOC(=O)[C@@H]1C(=O)NC(N2CCN(c3ccccc3)CC2)=N[C@@H]1c1ccc(C)cc1. The van der Waals surface area contributed by atoms with Crippen molar-refractivity contribution in [2.24, 2.45) is 10.9 Å². The van der Waals surface area contributed by atoms with E-state index in [2.05, 4.69) is 27.2 Å². The van der Waals surface area contributed by atoms with Crippen LogP contribution < -0.4 is 10.2 Å². The summed E-state index contributed by atoms with van der Waals surface area (Å²) in [5, 5.41) is 2.86. The normalized spacial score (nSPS) is 21.4. The standard InChI is InChI=1S/C24H28N4O3/c1-3-31-23(30)20-21(18-11-9-17(2)10-12-18)25-24(26-22(20)29)28-15-13-27(14-16-28)19-7-5-4-6-8-19/h4-12,20-21H,3,13-16H2,1-2H3,(H,25,26,29)/t20-,21+/m0/s1. The Bertz CT molecular complexity index is 951. The zero-order chi connectivity index (χ0) is 21.8. The number of aryl methyl sites for hydroxylation is 1. The number of nitrogens with zero attached hydrogens (tertiary/aromatic N) is 3. The number of aliphatic imine (C=N–C) groups is 1. The van der Waals surface area contributed by atoms with Crippen LogP contribution in [0.2, 0.25) is 0 Å². The fourth-order valence-electron chi connectivity index (χ4n) is 4.04. The number of carbonyl (C=O) groups excluding carboxylic acids is 2. The van der Waals surface area contributed by atoms with Crippen LogP contribution in [0.5, 0.6) is 0 Å². The van der Waals surface area contributed by atoms with Crippen LogP contribution >= 0.6 is 0 Å². The number of para-hydroxylation sites is 1. The van der Waals surface area contributed by atoms with Gasteiger partial charge < -0.3 is 14.5 Å². The number of benzene rings is 2. The molecule has 1 amide bonds. The van der Waals surface area contributed by atoms with Gasteiger partial charge in [0.1, 0.15) is 6.04 Å². The smallest absolute Gasteiger partial charge is 0.321 e. The first-order chi connectivity index (χ1) is 15.1. The van der Waals surface area contributed by atoms with Crippen molar-refractivity contribution in [3.63, 3.8) is 0 Å². The van der Waals surface area contributed by atoms with E-state index in [9.17, 15) is 9.59 Å². The fourth-order valence-corrected chi connectivity index (χ4v) is 4.04. The molecular formula is C24H28N4O3. The van der Waals surface area contributed by atoms with Gasteiger partial charge in [-0.25, -0.2) is 4.99 Å². The summed E-state index contributed by atoms with van der Waals surface area (Å²) in [6, 6.07) is 17.5. The van der Waals surface area contributed by atoms with Gasteiger partial charge in [-0.05, 0) is 31.5 Å². The van der Waals surface area contributed by atoms with E-state index in [1.54, 1.807) is 6.92 Å². The Hall–Kier alpha value is -3.35. The van der Waals surface area contributed by atoms with Crippen LogP contribution in [0.25, 0.3) is 0 Å². The Morgan fingerprint density at radius 3 is 2.32 bits per heavy atom. The number of anilines is 1. The van der Waals surface area contributed by atoms with E-state index in [-0.39, 0.29) is 12.5 Å². The summed E-state index contributed by atoms with van der Waals surface area (Å²) >= 11 is 0. The van der Waals surface area contributed by atoms with Gasteiger partial charge in [-0.1, -0.05) is 48.0 Å². The molecule has 0 radical (unpaired) electrons. The number of hydrogen-bond donors (Lipinski definition) is 1. The van der Waals surface area contributed by atoms with Crippen molar-refractivity contribution in [2.45, 2.75) is 19.9 Å². The second-order valence-electron chi connectivity index (χ2n) is 7.84. The molecule has 0 spiro atoms. The summed E-state index contributed by atoms with van der Waals surface area (Å²) in [4.78, 5) is 34.8. The molecule has 7 nitrogen and oxygen atoms in total. The third-order valence-corrected chi connectivity index (χ3v) is 5.75. The molecule has 1 saturated heterocycles. The van der Waals surface area contributed by atoms with Crippen molar-refractivity contribution in [2.75, 3.05) is 37.7 Å². The van der Waals surface area contributed by atoms with Gasteiger partial charge in [-0.2, -0.15) is 0 Å². The van der Waals surface area contributed by atoms with Crippen molar-refractivity contribution < 1.29 is 14.3 Å². The maximum absolute atomic E-state index is 13.0. The summed E-state index contributed by atoms with van der Waals surface area (Å²) in [6.07, 6.45) is 0. The second kappa shape index (κ2) is 9.20. The fraction of sp³-hybridized carbons (Fsp3) is 0.375. The molecule has 2 aromatic carbocycles. The molecule has 0 aliphatic carbocycles. The van der Waals surface area contributed by atoms with Crippen molar-refractivity contribution in [1.29, 1.82) is 0 Å². The van der Waals surface area contributed by atoms with Gasteiger partial charge in [0.2, 0.25) is 11.9 Å². The lowest BCUT2D eigenvalue weighted by Gasteiger charge is -2.39. The zero-order valence-corrected chi connectivity index (χ0v) is 18.0. The van der Waals surface area contributed by atoms with E-state index >= 15 is 0 Å². The number of amides is 1. The summed E-state index contributed by atoms with van der Waals surface area (Å²) in [7, 11) is 0. The van der Waals surface area contributed by atoms with Gasteiger partial charge in [-0.3, -0.25) is 14.9 Å². The Balaban J connectivity index is 1.56. The number of hydrogen-bond acceptors (Lipinski definition) is 6. The van der Waals surface area contributed by atoms with Gasteiger partial charge in [0.25, 0.3) is 0 Å².